The van der Waals surface area contributed by atoms with Crippen LogP contribution in [0.4, 0.5) is 0 Å². The zero-order valence-electron chi connectivity index (χ0n) is 10.8. The van der Waals surface area contributed by atoms with Gasteiger partial charge in [0.25, 0.3) is 0 Å². The second kappa shape index (κ2) is 5.69. The molecule has 2 aromatic heterocycles. The molecule has 2 heterocycles. The van der Waals surface area contributed by atoms with Crippen LogP contribution in [0, 0.1) is 0 Å². The predicted octanol–water partition coefficient (Wildman–Crippen LogP) is 2.90. The minimum absolute atomic E-state index is 0.0410. The van der Waals surface area contributed by atoms with Crippen molar-refractivity contribution in [3.63, 3.8) is 0 Å². The Morgan fingerprint density at radius 3 is 2.67 bits per heavy atom. The Morgan fingerprint density at radius 1 is 1.28 bits per heavy atom. The molecule has 0 aliphatic heterocycles. The average Bonchev–Trinajstić information content (AvgIpc) is 3.00. The van der Waals surface area contributed by atoms with E-state index in [2.05, 4.69) is 36.7 Å². The van der Waals surface area contributed by atoms with Crippen molar-refractivity contribution < 1.29 is 9.52 Å². The number of rotatable bonds is 6. The zero-order chi connectivity index (χ0) is 13.0. The van der Waals surface area contributed by atoms with Gasteiger partial charge in [0.15, 0.2) is 0 Å². The number of furan rings is 1. The lowest BCUT2D eigenvalue weighted by Crippen LogP contribution is -2.31. The summed E-state index contributed by atoms with van der Waals surface area (Å²) in [5.41, 5.74) is 0.126. The number of thiophene rings is 1. The SMILES string of the molecule is CC(C)(CNCc1ccc(CO)o1)c1cccs1. The number of aliphatic hydroxyl groups excluding tert-OH is 1. The lowest BCUT2D eigenvalue weighted by Gasteiger charge is -2.23. The zero-order valence-corrected chi connectivity index (χ0v) is 11.6. The van der Waals surface area contributed by atoms with E-state index in [0.717, 1.165) is 12.3 Å². The molecule has 2 rings (SSSR count). The van der Waals surface area contributed by atoms with Crippen molar-refractivity contribution in [3.8, 4) is 0 Å². The van der Waals surface area contributed by atoms with Crippen LogP contribution < -0.4 is 5.32 Å². The first-order valence-electron chi connectivity index (χ1n) is 6.05. The van der Waals surface area contributed by atoms with Gasteiger partial charge in [-0.05, 0) is 23.6 Å². The van der Waals surface area contributed by atoms with E-state index in [-0.39, 0.29) is 12.0 Å². The fourth-order valence-corrected chi connectivity index (χ4v) is 2.70. The van der Waals surface area contributed by atoms with E-state index < -0.39 is 0 Å². The topological polar surface area (TPSA) is 45.4 Å². The van der Waals surface area contributed by atoms with Crippen molar-refractivity contribution >= 4 is 11.3 Å². The van der Waals surface area contributed by atoms with Crippen molar-refractivity contribution in [1.82, 2.24) is 5.32 Å². The summed E-state index contributed by atoms with van der Waals surface area (Å²) in [5, 5.41) is 14.4. The average molecular weight is 265 g/mol. The van der Waals surface area contributed by atoms with Crippen molar-refractivity contribution in [2.45, 2.75) is 32.4 Å². The van der Waals surface area contributed by atoms with E-state index >= 15 is 0 Å². The highest BCUT2D eigenvalue weighted by atomic mass is 32.1. The first-order chi connectivity index (χ1) is 8.62. The molecule has 0 spiro atoms. The van der Waals surface area contributed by atoms with Crippen molar-refractivity contribution in [3.05, 3.63) is 46.0 Å². The number of hydrogen-bond donors (Lipinski definition) is 2. The summed E-state index contributed by atoms with van der Waals surface area (Å²) in [6.45, 7) is 6.00. The molecule has 0 unspecified atom stereocenters. The molecule has 98 valence electrons. The first-order valence-corrected chi connectivity index (χ1v) is 6.93. The van der Waals surface area contributed by atoms with Gasteiger partial charge in [-0.1, -0.05) is 19.9 Å². The highest BCUT2D eigenvalue weighted by Crippen LogP contribution is 2.26. The summed E-state index contributed by atoms with van der Waals surface area (Å²) in [6.07, 6.45) is 0. The minimum atomic E-state index is -0.0410. The Bertz CT molecular complexity index is 474. The van der Waals surface area contributed by atoms with Crippen LogP contribution in [0.3, 0.4) is 0 Å². The number of hydrogen-bond acceptors (Lipinski definition) is 4. The van der Waals surface area contributed by atoms with Gasteiger partial charge in [0.1, 0.15) is 18.1 Å². The molecule has 18 heavy (non-hydrogen) atoms. The third kappa shape index (κ3) is 3.22. The van der Waals surface area contributed by atoms with Gasteiger partial charge in [-0.2, -0.15) is 0 Å². The molecular formula is C14H19NO2S. The van der Waals surface area contributed by atoms with Crippen LogP contribution in [-0.4, -0.2) is 11.7 Å². The minimum Gasteiger partial charge on any atom is -0.462 e. The van der Waals surface area contributed by atoms with E-state index in [0.29, 0.717) is 12.3 Å². The molecule has 0 amide bonds. The molecule has 4 heteroatoms. The summed E-state index contributed by atoms with van der Waals surface area (Å²) in [5.74, 6) is 1.48. The highest BCUT2D eigenvalue weighted by molar-refractivity contribution is 7.10. The van der Waals surface area contributed by atoms with Crippen molar-refractivity contribution in [2.75, 3.05) is 6.54 Å². The van der Waals surface area contributed by atoms with Gasteiger partial charge in [0, 0.05) is 16.8 Å². The molecular weight excluding hydrogens is 246 g/mol. The fourth-order valence-electron chi connectivity index (χ4n) is 1.85. The Morgan fingerprint density at radius 2 is 2.06 bits per heavy atom. The maximum atomic E-state index is 8.92. The van der Waals surface area contributed by atoms with Gasteiger partial charge in [-0.15, -0.1) is 11.3 Å². The molecule has 0 fully saturated rings. The lowest BCUT2D eigenvalue weighted by molar-refractivity contribution is 0.242. The quantitative estimate of drug-likeness (QED) is 0.844. The van der Waals surface area contributed by atoms with Crippen LogP contribution >= 0.6 is 11.3 Å². The summed E-state index contributed by atoms with van der Waals surface area (Å²) in [4.78, 5) is 1.38. The van der Waals surface area contributed by atoms with Gasteiger partial charge in [-0.25, -0.2) is 0 Å². The Labute approximate surface area is 111 Å². The summed E-state index contributed by atoms with van der Waals surface area (Å²) in [7, 11) is 0. The smallest absolute Gasteiger partial charge is 0.129 e. The number of nitrogens with one attached hydrogen (secondary N) is 1. The van der Waals surface area contributed by atoms with Crippen molar-refractivity contribution in [1.29, 1.82) is 0 Å². The standard InChI is InChI=1S/C14H19NO2S/c1-14(2,13-4-3-7-18-13)10-15-8-11-5-6-12(9-16)17-11/h3-7,15-16H,8-10H2,1-2H3. The molecule has 0 bridgehead atoms. The van der Waals surface area contributed by atoms with Gasteiger partial charge in [0.2, 0.25) is 0 Å². The predicted molar refractivity (Wildman–Crippen MR) is 73.7 cm³/mol. The molecule has 0 saturated heterocycles. The highest BCUT2D eigenvalue weighted by Gasteiger charge is 2.21. The lowest BCUT2D eigenvalue weighted by atomic mass is 9.91. The molecule has 0 saturated carbocycles. The molecule has 2 N–H and O–H groups in total. The Balaban J connectivity index is 1.85. The third-order valence-corrected chi connectivity index (χ3v) is 4.16. The van der Waals surface area contributed by atoms with Crippen LogP contribution in [0.1, 0.15) is 30.2 Å². The maximum Gasteiger partial charge on any atom is 0.129 e. The van der Waals surface area contributed by atoms with Crippen LogP contribution in [-0.2, 0) is 18.6 Å². The Hall–Kier alpha value is -1.10. The van der Waals surface area contributed by atoms with E-state index in [1.165, 1.54) is 4.88 Å². The van der Waals surface area contributed by atoms with Gasteiger partial charge in [-0.3, -0.25) is 0 Å². The second-order valence-corrected chi connectivity index (χ2v) is 5.94. The van der Waals surface area contributed by atoms with Crippen LogP contribution in [0.5, 0.6) is 0 Å². The van der Waals surface area contributed by atoms with Crippen LogP contribution in [0.15, 0.2) is 34.1 Å². The van der Waals surface area contributed by atoms with E-state index in [1.54, 1.807) is 17.4 Å². The van der Waals surface area contributed by atoms with Gasteiger partial charge < -0.3 is 14.8 Å². The van der Waals surface area contributed by atoms with Crippen LogP contribution in [0.25, 0.3) is 0 Å². The van der Waals surface area contributed by atoms with Crippen molar-refractivity contribution in [2.24, 2.45) is 0 Å². The molecule has 0 atom stereocenters. The van der Waals surface area contributed by atoms with E-state index in [4.69, 9.17) is 9.52 Å². The third-order valence-electron chi connectivity index (χ3n) is 2.93. The first kappa shape index (κ1) is 13.3. The largest absolute Gasteiger partial charge is 0.462 e. The fraction of sp³-hybridized carbons (Fsp3) is 0.429. The molecule has 0 aliphatic rings. The number of aliphatic hydroxyl groups is 1. The maximum absolute atomic E-state index is 8.92. The van der Waals surface area contributed by atoms with Gasteiger partial charge in [0.05, 0.1) is 6.54 Å². The summed E-state index contributed by atoms with van der Waals surface area (Å²) >= 11 is 1.79. The summed E-state index contributed by atoms with van der Waals surface area (Å²) < 4.78 is 5.43. The molecule has 0 radical (unpaired) electrons. The van der Waals surface area contributed by atoms with E-state index in [9.17, 15) is 0 Å². The van der Waals surface area contributed by atoms with Gasteiger partial charge >= 0.3 is 0 Å². The monoisotopic (exact) mass is 265 g/mol. The second-order valence-electron chi connectivity index (χ2n) is 4.99. The van der Waals surface area contributed by atoms with E-state index in [1.807, 2.05) is 6.07 Å². The summed E-state index contributed by atoms with van der Waals surface area (Å²) in [6, 6.07) is 7.96. The normalized spacial score (nSPS) is 11.9. The molecule has 2 aromatic rings. The Kier molecular flexibility index (Phi) is 4.22. The molecule has 0 aliphatic carbocycles. The molecule has 3 nitrogen and oxygen atoms in total. The van der Waals surface area contributed by atoms with Crippen LogP contribution in [0.2, 0.25) is 0 Å². The molecule has 0 aromatic carbocycles.